The third-order valence-electron chi connectivity index (χ3n) is 5.12. The number of nitrogens with zero attached hydrogens (tertiary/aromatic N) is 3. The Morgan fingerprint density at radius 2 is 2.03 bits per heavy atom. The molecular formula is C24H22Cl2N4O2S. The number of para-hydroxylation sites is 1. The van der Waals surface area contributed by atoms with Crippen molar-refractivity contribution >= 4 is 51.3 Å². The lowest BCUT2D eigenvalue weighted by molar-refractivity contribution is -0.124. The monoisotopic (exact) mass is 500 g/mol. The minimum Gasteiger partial charge on any atom is -0.486 e. The molecule has 3 heterocycles. The molecule has 0 saturated heterocycles. The first kappa shape index (κ1) is 23.4. The minimum absolute atomic E-state index is 0.0504. The highest BCUT2D eigenvalue weighted by molar-refractivity contribution is 7.14. The van der Waals surface area contributed by atoms with E-state index in [2.05, 4.69) is 15.3 Å². The molecule has 0 saturated carbocycles. The number of halogens is 2. The standard InChI is InChI=1S/C24H22Cl2N4O2S/c1-13(2)24(31)28-10-19-17(18(25)7-8-27-19)11-32-20-6-4-5-15-16(9-14(3)30-21(15)20)22-23(26)33-12-29-22/h4-9,12-13H,10-11H2,1-3H3,(H,28,31). The molecule has 6 nitrogen and oxygen atoms in total. The Morgan fingerprint density at radius 3 is 2.76 bits per heavy atom. The van der Waals surface area contributed by atoms with Crippen molar-refractivity contribution in [3.8, 4) is 17.0 Å². The SMILES string of the molecule is Cc1cc(-c2ncsc2Cl)c2cccc(OCc3c(Cl)ccnc3CNC(=O)C(C)C)c2n1. The Bertz CT molecular complexity index is 1320. The predicted molar refractivity (Wildman–Crippen MR) is 133 cm³/mol. The van der Waals surface area contributed by atoms with Gasteiger partial charge in [-0.1, -0.05) is 49.2 Å². The smallest absolute Gasteiger partial charge is 0.222 e. The van der Waals surface area contributed by atoms with Crippen LogP contribution in [0.2, 0.25) is 9.36 Å². The molecule has 1 N–H and O–H groups in total. The molecule has 0 radical (unpaired) electrons. The molecule has 4 rings (SSSR count). The second-order valence-electron chi connectivity index (χ2n) is 7.82. The molecule has 4 aromatic rings. The quantitative estimate of drug-likeness (QED) is 0.325. The molecule has 33 heavy (non-hydrogen) atoms. The zero-order valence-corrected chi connectivity index (χ0v) is 20.7. The number of aryl methyl sites for hydroxylation is 1. The first-order valence-corrected chi connectivity index (χ1v) is 12.0. The van der Waals surface area contributed by atoms with E-state index < -0.39 is 0 Å². The summed E-state index contributed by atoms with van der Waals surface area (Å²) in [5.41, 5.74) is 6.29. The van der Waals surface area contributed by atoms with Crippen LogP contribution in [0.4, 0.5) is 0 Å². The van der Waals surface area contributed by atoms with E-state index in [1.165, 1.54) is 11.3 Å². The largest absolute Gasteiger partial charge is 0.486 e. The van der Waals surface area contributed by atoms with E-state index in [1.54, 1.807) is 17.8 Å². The van der Waals surface area contributed by atoms with Gasteiger partial charge in [-0.15, -0.1) is 11.3 Å². The first-order valence-electron chi connectivity index (χ1n) is 10.4. The van der Waals surface area contributed by atoms with Crippen LogP contribution in [-0.2, 0) is 17.9 Å². The van der Waals surface area contributed by atoms with Crippen LogP contribution in [0.25, 0.3) is 22.2 Å². The van der Waals surface area contributed by atoms with Crippen LogP contribution in [0.1, 0.15) is 30.8 Å². The Labute approximate surface area is 206 Å². The molecule has 0 aliphatic rings. The van der Waals surface area contributed by atoms with Crippen LogP contribution in [0, 0.1) is 12.8 Å². The van der Waals surface area contributed by atoms with Crippen molar-refractivity contribution in [3.63, 3.8) is 0 Å². The fourth-order valence-corrected chi connectivity index (χ4v) is 4.42. The van der Waals surface area contributed by atoms with E-state index in [1.807, 2.05) is 45.0 Å². The molecule has 1 amide bonds. The normalized spacial score (nSPS) is 11.2. The van der Waals surface area contributed by atoms with Crippen LogP contribution in [0.5, 0.6) is 5.75 Å². The molecule has 170 valence electrons. The van der Waals surface area contributed by atoms with Crippen molar-refractivity contribution in [1.82, 2.24) is 20.3 Å². The van der Waals surface area contributed by atoms with Gasteiger partial charge in [0.05, 0.1) is 22.8 Å². The van der Waals surface area contributed by atoms with Crippen LogP contribution >= 0.6 is 34.5 Å². The lowest BCUT2D eigenvalue weighted by atomic mass is 10.0. The van der Waals surface area contributed by atoms with E-state index in [-0.39, 0.29) is 25.0 Å². The van der Waals surface area contributed by atoms with E-state index >= 15 is 0 Å². The molecule has 9 heteroatoms. The number of ether oxygens (including phenoxy) is 1. The van der Waals surface area contributed by atoms with Crippen molar-refractivity contribution in [3.05, 3.63) is 68.3 Å². The van der Waals surface area contributed by atoms with Gasteiger partial charge in [0.25, 0.3) is 0 Å². The number of carbonyl (C=O) groups is 1. The number of thiazole rings is 1. The van der Waals surface area contributed by atoms with Gasteiger partial charge in [0.2, 0.25) is 5.91 Å². The fraction of sp³-hybridized carbons (Fsp3) is 0.250. The lowest BCUT2D eigenvalue weighted by Gasteiger charge is -2.15. The third-order valence-corrected chi connectivity index (χ3v) is 6.54. The lowest BCUT2D eigenvalue weighted by Crippen LogP contribution is -2.28. The highest BCUT2D eigenvalue weighted by atomic mass is 35.5. The van der Waals surface area contributed by atoms with E-state index in [0.29, 0.717) is 26.3 Å². The summed E-state index contributed by atoms with van der Waals surface area (Å²) in [6.07, 6.45) is 1.62. The minimum atomic E-state index is -0.116. The van der Waals surface area contributed by atoms with Gasteiger partial charge >= 0.3 is 0 Å². The number of hydrogen-bond donors (Lipinski definition) is 1. The van der Waals surface area contributed by atoms with Crippen molar-refractivity contribution in [2.45, 2.75) is 33.9 Å². The summed E-state index contributed by atoms with van der Waals surface area (Å²) in [7, 11) is 0. The zero-order valence-electron chi connectivity index (χ0n) is 18.4. The van der Waals surface area contributed by atoms with Crippen LogP contribution < -0.4 is 10.1 Å². The molecule has 0 spiro atoms. The molecule has 0 atom stereocenters. The van der Waals surface area contributed by atoms with Crippen molar-refractivity contribution in [2.24, 2.45) is 5.92 Å². The van der Waals surface area contributed by atoms with Gasteiger partial charge < -0.3 is 10.1 Å². The molecule has 0 aliphatic carbocycles. The maximum absolute atomic E-state index is 12.0. The number of carbonyl (C=O) groups excluding carboxylic acids is 1. The second-order valence-corrected chi connectivity index (χ2v) is 9.68. The van der Waals surface area contributed by atoms with Gasteiger partial charge in [0.1, 0.15) is 27.9 Å². The highest BCUT2D eigenvalue weighted by Crippen LogP contribution is 2.37. The number of aromatic nitrogens is 3. The van der Waals surface area contributed by atoms with Gasteiger partial charge in [-0.2, -0.15) is 0 Å². The molecule has 0 aliphatic heterocycles. The maximum atomic E-state index is 12.0. The summed E-state index contributed by atoms with van der Waals surface area (Å²) >= 11 is 14.2. The van der Waals surface area contributed by atoms with Crippen LogP contribution in [-0.4, -0.2) is 20.9 Å². The van der Waals surface area contributed by atoms with Gasteiger partial charge in [-0.3, -0.25) is 9.78 Å². The molecular weight excluding hydrogens is 479 g/mol. The summed E-state index contributed by atoms with van der Waals surface area (Å²) in [4.78, 5) is 25.5. The highest BCUT2D eigenvalue weighted by Gasteiger charge is 2.17. The van der Waals surface area contributed by atoms with Crippen LogP contribution in [0.3, 0.4) is 0 Å². The topological polar surface area (TPSA) is 77.0 Å². The Morgan fingerprint density at radius 1 is 1.21 bits per heavy atom. The summed E-state index contributed by atoms with van der Waals surface area (Å²) in [5, 5.41) is 4.31. The third kappa shape index (κ3) is 5.11. The fourth-order valence-electron chi connectivity index (χ4n) is 3.41. The Balaban J connectivity index is 1.66. The van der Waals surface area contributed by atoms with E-state index in [0.717, 1.165) is 27.9 Å². The van der Waals surface area contributed by atoms with Crippen molar-refractivity contribution in [1.29, 1.82) is 0 Å². The first-order chi connectivity index (χ1) is 15.8. The average molecular weight is 501 g/mol. The van der Waals surface area contributed by atoms with Gasteiger partial charge in [0, 0.05) is 34.3 Å². The van der Waals surface area contributed by atoms with Gasteiger partial charge in [-0.05, 0) is 25.1 Å². The zero-order chi connectivity index (χ0) is 23.5. The molecule has 1 aromatic carbocycles. The van der Waals surface area contributed by atoms with Crippen molar-refractivity contribution in [2.75, 3.05) is 0 Å². The van der Waals surface area contributed by atoms with Crippen molar-refractivity contribution < 1.29 is 9.53 Å². The number of nitrogens with one attached hydrogen (secondary N) is 1. The maximum Gasteiger partial charge on any atom is 0.222 e. The number of benzene rings is 1. The number of fused-ring (bicyclic) bond motifs is 1. The number of amides is 1. The van der Waals surface area contributed by atoms with Gasteiger partial charge in [-0.25, -0.2) is 9.97 Å². The summed E-state index contributed by atoms with van der Waals surface area (Å²) in [5.74, 6) is 0.445. The average Bonchev–Trinajstić information content (AvgIpc) is 3.21. The molecule has 3 aromatic heterocycles. The summed E-state index contributed by atoms with van der Waals surface area (Å²) < 4.78 is 6.82. The second kappa shape index (κ2) is 10.0. The number of pyridine rings is 2. The summed E-state index contributed by atoms with van der Waals surface area (Å²) in [6.45, 7) is 6.06. The number of hydrogen-bond acceptors (Lipinski definition) is 6. The Hall–Kier alpha value is -2.74. The molecule has 0 unspecified atom stereocenters. The van der Waals surface area contributed by atoms with Gasteiger partial charge in [0.15, 0.2) is 0 Å². The molecule has 0 bridgehead atoms. The van der Waals surface area contributed by atoms with Crippen LogP contribution in [0.15, 0.2) is 42.0 Å². The predicted octanol–water partition coefficient (Wildman–Crippen LogP) is 6.22. The van der Waals surface area contributed by atoms with E-state index in [4.69, 9.17) is 32.9 Å². The van der Waals surface area contributed by atoms with E-state index in [9.17, 15) is 4.79 Å². The Kier molecular flexibility index (Phi) is 7.12. The molecule has 0 fully saturated rings. The summed E-state index contributed by atoms with van der Waals surface area (Å²) in [6, 6.07) is 9.44. The number of rotatable bonds is 7.